The maximum Gasteiger partial charge on any atom is 0.329 e. The fraction of sp³-hybridized carbons (Fsp3) is 0.857. The molecule has 5 heteroatoms. The molecule has 0 aromatic heterocycles. The lowest BCUT2D eigenvalue weighted by Gasteiger charge is -2.39. The van der Waals surface area contributed by atoms with Crippen molar-refractivity contribution in [1.82, 2.24) is 4.90 Å². The van der Waals surface area contributed by atoms with Crippen molar-refractivity contribution in [3.63, 3.8) is 0 Å². The summed E-state index contributed by atoms with van der Waals surface area (Å²) in [7, 11) is 0. The van der Waals surface area contributed by atoms with Gasteiger partial charge in [0.1, 0.15) is 11.6 Å². The Hall–Kier alpha value is -1.10. The Balaban J connectivity index is 1.71. The van der Waals surface area contributed by atoms with Crippen LogP contribution in [-0.2, 0) is 9.59 Å². The van der Waals surface area contributed by atoms with Gasteiger partial charge in [-0.25, -0.2) is 4.79 Å². The highest BCUT2D eigenvalue weighted by molar-refractivity contribution is 5.91. The molecule has 4 fully saturated rings. The van der Waals surface area contributed by atoms with Crippen molar-refractivity contribution in [2.75, 3.05) is 6.54 Å². The van der Waals surface area contributed by atoms with E-state index in [1.807, 2.05) is 0 Å². The molecule has 1 unspecified atom stereocenters. The summed E-state index contributed by atoms with van der Waals surface area (Å²) >= 11 is 0. The summed E-state index contributed by atoms with van der Waals surface area (Å²) in [6.45, 7) is 0.509. The molecule has 2 heterocycles. The maximum atomic E-state index is 12.4. The van der Waals surface area contributed by atoms with Gasteiger partial charge < -0.3 is 15.1 Å². The standard InChI is InChI=1S/C14H21NO4/c16-11(10-4-2-1-3-5-10)12(17)15-8-9-6-14(15,7-9)13(18)19/h9-11,16H,1-8H2,(H,18,19). The highest BCUT2D eigenvalue weighted by Crippen LogP contribution is 2.51. The first-order valence-corrected chi connectivity index (χ1v) is 7.27. The number of rotatable bonds is 3. The van der Waals surface area contributed by atoms with E-state index in [2.05, 4.69) is 0 Å². The molecule has 19 heavy (non-hydrogen) atoms. The van der Waals surface area contributed by atoms with E-state index < -0.39 is 17.6 Å². The zero-order chi connectivity index (χ0) is 13.6. The second-order valence-electron chi connectivity index (χ2n) is 6.40. The predicted octanol–water partition coefficient (Wildman–Crippen LogP) is 1.00. The van der Waals surface area contributed by atoms with Crippen LogP contribution < -0.4 is 0 Å². The van der Waals surface area contributed by atoms with E-state index in [0.717, 1.165) is 25.7 Å². The SMILES string of the molecule is O=C(C(O)C1CCCCC1)N1CC2CC1(C(=O)O)C2. The summed E-state index contributed by atoms with van der Waals surface area (Å²) in [5, 5.41) is 19.6. The Morgan fingerprint density at radius 1 is 1.16 bits per heavy atom. The number of fused-ring (bicyclic) bond motifs is 1. The number of carbonyl (C=O) groups excluding carboxylic acids is 1. The number of carbonyl (C=O) groups is 2. The number of aliphatic hydroxyl groups excluding tert-OH is 1. The van der Waals surface area contributed by atoms with Gasteiger partial charge in [-0.15, -0.1) is 0 Å². The monoisotopic (exact) mass is 267 g/mol. The van der Waals surface area contributed by atoms with Gasteiger partial charge in [0.05, 0.1) is 0 Å². The van der Waals surface area contributed by atoms with Crippen LogP contribution in [0.1, 0.15) is 44.9 Å². The molecule has 0 spiro atoms. The average Bonchev–Trinajstić information content (AvgIpc) is 2.93. The number of carboxylic acid groups (broad SMARTS) is 1. The number of hydrogen-bond donors (Lipinski definition) is 2. The van der Waals surface area contributed by atoms with Crippen molar-refractivity contribution in [2.45, 2.75) is 56.6 Å². The molecule has 2 saturated carbocycles. The maximum absolute atomic E-state index is 12.4. The molecular formula is C14H21NO4. The minimum absolute atomic E-state index is 0.0184. The first kappa shape index (κ1) is 12.9. The third-order valence-electron chi connectivity index (χ3n) is 5.22. The molecular weight excluding hydrogens is 246 g/mol. The van der Waals surface area contributed by atoms with Gasteiger partial charge in [-0.1, -0.05) is 19.3 Å². The van der Waals surface area contributed by atoms with Gasteiger partial charge >= 0.3 is 5.97 Å². The minimum atomic E-state index is -1.00. The lowest BCUT2D eigenvalue weighted by atomic mass is 9.73. The van der Waals surface area contributed by atoms with E-state index in [-0.39, 0.29) is 11.8 Å². The van der Waals surface area contributed by atoms with Crippen molar-refractivity contribution in [2.24, 2.45) is 11.8 Å². The van der Waals surface area contributed by atoms with Crippen molar-refractivity contribution >= 4 is 11.9 Å². The topological polar surface area (TPSA) is 77.8 Å². The highest BCUT2D eigenvalue weighted by Gasteiger charge is 2.63. The normalized spacial score (nSPS) is 35.8. The predicted molar refractivity (Wildman–Crippen MR) is 67.4 cm³/mol. The smallest absolute Gasteiger partial charge is 0.329 e. The Morgan fingerprint density at radius 2 is 1.79 bits per heavy atom. The molecule has 0 aromatic rings. The molecule has 5 nitrogen and oxygen atoms in total. The molecule has 4 rings (SSSR count). The van der Waals surface area contributed by atoms with Crippen LogP contribution in [0.15, 0.2) is 0 Å². The summed E-state index contributed by atoms with van der Waals surface area (Å²) in [4.78, 5) is 25.2. The molecule has 1 atom stereocenters. The highest BCUT2D eigenvalue weighted by atomic mass is 16.4. The second kappa shape index (κ2) is 4.47. The van der Waals surface area contributed by atoms with Gasteiger partial charge in [-0.3, -0.25) is 4.79 Å². The number of aliphatic hydroxyl groups is 1. The fourth-order valence-electron chi connectivity index (χ4n) is 4.08. The van der Waals surface area contributed by atoms with E-state index in [9.17, 15) is 19.8 Å². The average molecular weight is 267 g/mol. The zero-order valence-electron chi connectivity index (χ0n) is 11.0. The van der Waals surface area contributed by atoms with Crippen LogP contribution in [0.3, 0.4) is 0 Å². The van der Waals surface area contributed by atoms with Crippen LogP contribution in [0.25, 0.3) is 0 Å². The summed E-state index contributed by atoms with van der Waals surface area (Å²) < 4.78 is 0. The van der Waals surface area contributed by atoms with Gasteiger partial charge in [0, 0.05) is 6.54 Å². The molecule has 0 aromatic carbocycles. The number of nitrogens with zero attached hydrogens (tertiary/aromatic N) is 1. The Bertz CT molecular complexity index is 396. The van der Waals surface area contributed by atoms with Crippen molar-refractivity contribution in [3.05, 3.63) is 0 Å². The third-order valence-corrected chi connectivity index (χ3v) is 5.22. The molecule has 1 amide bonds. The Labute approximate surface area is 112 Å². The molecule has 2 saturated heterocycles. The lowest BCUT2D eigenvalue weighted by molar-refractivity contribution is -0.163. The largest absolute Gasteiger partial charge is 0.479 e. The second-order valence-corrected chi connectivity index (χ2v) is 6.40. The van der Waals surface area contributed by atoms with Crippen LogP contribution in [-0.4, -0.2) is 45.2 Å². The Morgan fingerprint density at radius 3 is 2.37 bits per heavy atom. The number of hydrogen-bond acceptors (Lipinski definition) is 3. The summed E-state index contributed by atoms with van der Waals surface area (Å²) in [6.07, 6.45) is 5.16. The number of carboxylic acids is 1. The van der Waals surface area contributed by atoms with E-state index in [1.165, 1.54) is 11.3 Å². The van der Waals surface area contributed by atoms with E-state index in [0.29, 0.717) is 25.3 Å². The molecule has 106 valence electrons. The van der Waals surface area contributed by atoms with Crippen LogP contribution in [0.5, 0.6) is 0 Å². The summed E-state index contributed by atoms with van der Waals surface area (Å²) in [6, 6.07) is 0. The summed E-state index contributed by atoms with van der Waals surface area (Å²) in [5.74, 6) is -0.928. The Kier molecular flexibility index (Phi) is 3.04. The number of aliphatic carboxylic acids is 1. The zero-order valence-corrected chi connectivity index (χ0v) is 11.0. The van der Waals surface area contributed by atoms with Crippen LogP contribution in [0.4, 0.5) is 0 Å². The van der Waals surface area contributed by atoms with Gasteiger partial charge in [0.25, 0.3) is 5.91 Å². The summed E-state index contributed by atoms with van der Waals surface area (Å²) in [5.41, 5.74) is -1.00. The molecule has 0 radical (unpaired) electrons. The lowest BCUT2D eigenvalue weighted by Crippen LogP contribution is -2.57. The van der Waals surface area contributed by atoms with Crippen molar-refractivity contribution in [3.8, 4) is 0 Å². The molecule has 2 N–H and O–H groups in total. The van der Waals surface area contributed by atoms with Crippen molar-refractivity contribution < 1.29 is 19.8 Å². The molecule has 2 bridgehead atoms. The van der Waals surface area contributed by atoms with Gasteiger partial charge in [0.2, 0.25) is 0 Å². The fourth-order valence-corrected chi connectivity index (χ4v) is 4.08. The molecule has 2 aliphatic carbocycles. The first-order chi connectivity index (χ1) is 9.04. The van der Waals surface area contributed by atoms with Gasteiger partial charge in [-0.05, 0) is 37.5 Å². The van der Waals surface area contributed by atoms with E-state index >= 15 is 0 Å². The van der Waals surface area contributed by atoms with E-state index in [4.69, 9.17) is 0 Å². The van der Waals surface area contributed by atoms with E-state index in [1.54, 1.807) is 0 Å². The molecule has 2 aliphatic heterocycles. The van der Waals surface area contributed by atoms with Gasteiger partial charge in [0.15, 0.2) is 0 Å². The third kappa shape index (κ3) is 1.86. The number of amides is 1. The van der Waals surface area contributed by atoms with Gasteiger partial charge in [-0.2, -0.15) is 0 Å². The first-order valence-electron chi connectivity index (χ1n) is 7.27. The van der Waals surface area contributed by atoms with Crippen LogP contribution in [0.2, 0.25) is 0 Å². The van der Waals surface area contributed by atoms with Crippen LogP contribution in [0, 0.1) is 11.8 Å². The van der Waals surface area contributed by atoms with Crippen molar-refractivity contribution in [1.29, 1.82) is 0 Å². The quantitative estimate of drug-likeness (QED) is 0.799. The molecule has 4 aliphatic rings. The van der Waals surface area contributed by atoms with Crippen LogP contribution >= 0.6 is 0 Å². The minimum Gasteiger partial charge on any atom is -0.479 e.